The van der Waals surface area contributed by atoms with E-state index in [0.717, 1.165) is 12.8 Å². The van der Waals surface area contributed by atoms with Crippen molar-refractivity contribution in [2.24, 2.45) is 0 Å². The number of hydrogen-bond acceptors (Lipinski definition) is 3. The highest BCUT2D eigenvalue weighted by molar-refractivity contribution is 6.32. The molecule has 0 saturated heterocycles. The molecule has 4 nitrogen and oxygen atoms in total. The Morgan fingerprint density at radius 3 is 2.00 bits per heavy atom. The van der Waals surface area contributed by atoms with Gasteiger partial charge in [-0.05, 0) is 13.3 Å². The van der Waals surface area contributed by atoms with Gasteiger partial charge in [0.05, 0.1) is 6.61 Å². The van der Waals surface area contributed by atoms with Gasteiger partial charge in [-0.2, -0.15) is 0 Å². The normalized spacial score (nSPS) is 10.1. The number of ether oxygens (including phenoxy) is 1. The molecule has 4 heteroatoms. The molecule has 0 aliphatic rings. The van der Waals surface area contributed by atoms with Crippen LogP contribution in [0.25, 0.3) is 0 Å². The van der Waals surface area contributed by atoms with E-state index in [4.69, 9.17) is 0 Å². The third-order valence-corrected chi connectivity index (χ3v) is 2.78. The number of carbonyl (C=O) groups excluding carboxylic acids is 2. The maximum atomic E-state index is 11.2. The third kappa shape index (κ3) is 10.1. The molecule has 0 aromatic carbocycles. The van der Waals surface area contributed by atoms with Gasteiger partial charge in [-0.1, -0.05) is 51.9 Å². The minimum absolute atomic E-state index is 0.240. The van der Waals surface area contributed by atoms with E-state index in [1.807, 2.05) is 0 Å². The van der Waals surface area contributed by atoms with Crippen LogP contribution in [0.2, 0.25) is 0 Å². The van der Waals surface area contributed by atoms with Crippen molar-refractivity contribution in [2.45, 2.75) is 65.2 Å². The van der Waals surface area contributed by atoms with Gasteiger partial charge < -0.3 is 10.1 Å². The average molecular weight is 257 g/mol. The average Bonchev–Trinajstić information content (AvgIpc) is 2.36. The summed E-state index contributed by atoms with van der Waals surface area (Å²) in [5.74, 6) is -1.41. The number of rotatable bonds is 10. The molecule has 0 heterocycles. The van der Waals surface area contributed by atoms with Crippen molar-refractivity contribution in [1.82, 2.24) is 5.32 Å². The summed E-state index contributed by atoms with van der Waals surface area (Å²) < 4.78 is 4.59. The molecule has 18 heavy (non-hydrogen) atoms. The molecule has 0 radical (unpaired) electrons. The quantitative estimate of drug-likeness (QED) is 0.372. The van der Waals surface area contributed by atoms with Crippen molar-refractivity contribution < 1.29 is 14.3 Å². The Morgan fingerprint density at radius 2 is 1.44 bits per heavy atom. The van der Waals surface area contributed by atoms with Crippen LogP contribution in [0, 0.1) is 0 Å². The fourth-order valence-corrected chi connectivity index (χ4v) is 1.73. The number of unbranched alkanes of at least 4 members (excludes halogenated alkanes) is 7. The molecule has 1 N–H and O–H groups in total. The van der Waals surface area contributed by atoms with Crippen LogP contribution in [0.3, 0.4) is 0 Å². The van der Waals surface area contributed by atoms with Crippen LogP contribution in [-0.4, -0.2) is 25.0 Å². The first-order chi connectivity index (χ1) is 8.72. The fraction of sp³-hybridized carbons (Fsp3) is 0.857. The first-order valence-electron chi connectivity index (χ1n) is 7.17. The number of esters is 1. The van der Waals surface area contributed by atoms with Gasteiger partial charge in [0.25, 0.3) is 0 Å². The lowest BCUT2D eigenvalue weighted by atomic mass is 10.1. The van der Waals surface area contributed by atoms with E-state index in [9.17, 15) is 9.59 Å². The van der Waals surface area contributed by atoms with Crippen LogP contribution in [0.5, 0.6) is 0 Å². The van der Waals surface area contributed by atoms with Gasteiger partial charge in [-0.3, -0.25) is 4.79 Å². The minimum Gasteiger partial charge on any atom is -0.459 e. The van der Waals surface area contributed by atoms with Crippen molar-refractivity contribution >= 4 is 11.9 Å². The zero-order valence-electron chi connectivity index (χ0n) is 11.8. The second kappa shape index (κ2) is 12.4. The number of amides is 1. The molecular weight excluding hydrogens is 230 g/mol. The summed E-state index contributed by atoms with van der Waals surface area (Å²) in [4.78, 5) is 22.1. The van der Waals surface area contributed by atoms with Gasteiger partial charge in [-0.25, -0.2) is 4.79 Å². The van der Waals surface area contributed by atoms with E-state index >= 15 is 0 Å². The smallest absolute Gasteiger partial charge is 0.396 e. The van der Waals surface area contributed by atoms with Gasteiger partial charge in [-0.15, -0.1) is 0 Å². The van der Waals surface area contributed by atoms with Gasteiger partial charge in [0.15, 0.2) is 0 Å². The summed E-state index contributed by atoms with van der Waals surface area (Å²) in [6.45, 7) is 4.70. The summed E-state index contributed by atoms with van der Waals surface area (Å²) >= 11 is 0. The van der Waals surface area contributed by atoms with Crippen LogP contribution in [0.4, 0.5) is 0 Å². The van der Waals surface area contributed by atoms with E-state index in [-0.39, 0.29) is 6.61 Å². The van der Waals surface area contributed by atoms with Gasteiger partial charge >= 0.3 is 11.9 Å². The van der Waals surface area contributed by atoms with Gasteiger partial charge in [0, 0.05) is 6.54 Å². The SMILES string of the molecule is CCCCCCCCCCNC(=O)C(=O)OCC. The fourth-order valence-electron chi connectivity index (χ4n) is 1.73. The van der Waals surface area contributed by atoms with E-state index in [1.165, 1.54) is 38.5 Å². The van der Waals surface area contributed by atoms with E-state index in [0.29, 0.717) is 6.54 Å². The highest BCUT2D eigenvalue weighted by atomic mass is 16.5. The predicted molar refractivity (Wildman–Crippen MR) is 72.3 cm³/mol. The molecule has 0 aliphatic carbocycles. The van der Waals surface area contributed by atoms with Crippen LogP contribution in [0.1, 0.15) is 65.2 Å². The molecule has 0 saturated carbocycles. The summed E-state index contributed by atoms with van der Waals surface area (Å²) in [6, 6.07) is 0. The monoisotopic (exact) mass is 257 g/mol. The van der Waals surface area contributed by atoms with E-state index < -0.39 is 11.9 Å². The van der Waals surface area contributed by atoms with Gasteiger partial charge in [0.2, 0.25) is 0 Å². The zero-order chi connectivity index (χ0) is 13.6. The molecule has 0 aromatic rings. The summed E-state index contributed by atoms with van der Waals surface area (Å²) in [6.07, 6.45) is 9.76. The highest BCUT2D eigenvalue weighted by Gasteiger charge is 2.12. The predicted octanol–water partition coefficient (Wildman–Crippen LogP) is 2.81. The Kier molecular flexibility index (Phi) is 11.7. The lowest BCUT2D eigenvalue weighted by Gasteiger charge is -2.04. The van der Waals surface area contributed by atoms with Crippen molar-refractivity contribution in [1.29, 1.82) is 0 Å². The Bertz CT molecular complexity index is 229. The Balaban J connectivity index is 3.25. The van der Waals surface area contributed by atoms with Crippen LogP contribution in [-0.2, 0) is 14.3 Å². The number of carbonyl (C=O) groups is 2. The molecule has 0 bridgehead atoms. The molecule has 0 rings (SSSR count). The van der Waals surface area contributed by atoms with Crippen molar-refractivity contribution in [2.75, 3.05) is 13.2 Å². The maximum Gasteiger partial charge on any atom is 0.396 e. The van der Waals surface area contributed by atoms with Crippen LogP contribution >= 0.6 is 0 Å². The lowest BCUT2D eigenvalue weighted by Crippen LogP contribution is -2.33. The molecule has 0 spiro atoms. The molecule has 0 unspecified atom stereocenters. The molecule has 106 valence electrons. The minimum atomic E-state index is -0.780. The van der Waals surface area contributed by atoms with Crippen molar-refractivity contribution in [3.8, 4) is 0 Å². The van der Waals surface area contributed by atoms with Crippen LogP contribution < -0.4 is 5.32 Å². The molecule has 0 atom stereocenters. The number of hydrogen-bond donors (Lipinski definition) is 1. The summed E-state index contributed by atoms with van der Waals surface area (Å²) in [7, 11) is 0. The Labute approximate surface area is 110 Å². The Hall–Kier alpha value is -1.06. The van der Waals surface area contributed by atoms with Crippen molar-refractivity contribution in [3.63, 3.8) is 0 Å². The van der Waals surface area contributed by atoms with E-state index in [1.54, 1.807) is 6.92 Å². The molecular formula is C14H27NO3. The second-order valence-corrected chi connectivity index (χ2v) is 4.45. The first-order valence-corrected chi connectivity index (χ1v) is 7.17. The zero-order valence-corrected chi connectivity index (χ0v) is 11.8. The topological polar surface area (TPSA) is 55.4 Å². The molecule has 0 aromatic heterocycles. The summed E-state index contributed by atoms with van der Waals surface area (Å²) in [5.41, 5.74) is 0. The lowest BCUT2D eigenvalue weighted by molar-refractivity contribution is -0.154. The van der Waals surface area contributed by atoms with Crippen LogP contribution in [0.15, 0.2) is 0 Å². The molecule has 0 aliphatic heterocycles. The third-order valence-electron chi connectivity index (χ3n) is 2.78. The molecule has 0 fully saturated rings. The first kappa shape index (κ1) is 16.9. The highest BCUT2D eigenvalue weighted by Crippen LogP contribution is 2.07. The Morgan fingerprint density at radius 1 is 0.889 bits per heavy atom. The van der Waals surface area contributed by atoms with Gasteiger partial charge in [0.1, 0.15) is 0 Å². The molecule has 1 amide bonds. The number of nitrogens with one attached hydrogen (secondary N) is 1. The summed E-state index contributed by atoms with van der Waals surface area (Å²) in [5, 5.41) is 2.56. The second-order valence-electron chi connectivity index (χ2n) is 4.45. The largest absolute Gasteiger partial charge is 0.459 e. The maximum absolute atomic E-state index is 11.2. The standard InChI is InChI=1S/C14H27NO3/c1-3-5-6-7-8-9-10-11-12-15-13(16)14(17)18-4-2/h3-12H2,1-2H3,(H,15,16). The van der Waals surface area contributed by atoms with Crippen molar-refractivity contribution in [3.05, 3.63) is 0 Å². The van der Waals surface area contributed by atoms with E-state index in [2.05, 4.69) is 17.0 Å².